The number of benzene rings is 1. The summed E-state index contributed by atoms with van der Waals surface area (Å²) in [5.41, 5.74) is 10.2. The van der Waals surface area contributed by atoms with Crippen LogP contribution in [0.15, 0.2) is 24.3 Å². The highest BCUT2D eigenvalue weighted by Crippen LogP contribution is 2.41. The second-order valence-corrected chi connectivity index (χ2v) is 10.9. The van der Waals surface area contributed by atoms with Crippen molar-refractivity contribution in [3.8, 4) is 0 Å². The van der Waals surface area contributed by atoms with Crippen LogP contribution < -0.4 is 26.2 Å². The Labute approximate surface area is 204 Å². The second-order valence-electron chi connectivity index (χ2n) is 9.83. The molecule has 3 heterocycles. The van der Waals surface area contributed by atoms with Gasteiger partial charge in [0.2, 0.25) is 0 Å². The van der Waals surface area contributed by atoms with Crippen LogP contribution in [0.25, 0.3) is 0 Å². The fourth-order valence-corrected chi connectivity index (χ4v) is 6.57. The molecule has 2 aromatic rings. The maximum atomic E-state index is 13.4. The number of carbonyl (C=O) groups excluding carboxylic acids is 1. The lowest BCUT2D eigenvalue weighted by Gasteiger charge is -2.38. The summed E-state index contributed by atoms with van der Waals surface area (Å²) in [5, 5.41) is 27.8. The van der Waals surface area contributed by atoms with E-state index in [-0.39, 0.29) is 30.4 Å². The number of para-hydroxylation sites is 1. The summed E-state index contributed by atoms with van der Waals surface area (Å²) in [7, 11) is 0. The lowest BCUT2D eigenvalue weighted by atomic mass is 9.91. The van der Waals surface area contributed by atoms with Gasteiger partial charge in [0, 0.05) is 19.1 Å². The quantitative estimate of drug-likeness (QED) is 0.452. The fourth-order valence-electron chi connectivity index (χ4n) is 5.55. The molecule has 5 rings (SSSR count). The zero-order chi connectivity index (χ0) is 23.8. The fraction of sp³-hybridized carbons (Fsp3) is 0.560. The predicted molar refractivity (Wildman–Crippen MR) is 138 cm³/mol. The molecule has 8 nitrogen and oxygen atoms in total. The van der Waals surface area contributed by atoms with Gasteiger partial charge in [-0.2, -0.15) is 0 Å². The summed E-state index contributed by atoms with van der Waals surface area (Å²) >= 11 is 1.39. The van der Waals surface area contributed by atoms with E-state index < -0.39 is 0 Å². The molecule has 2 atom stereocenters. The third kappa shape index (κ3) is 4.56. The van der Waals surface area contributed by atoms with Crippen LogP contribution in [0.4, 0.5) is 22.1 Å². The number of aryl methyl sites for hydroxylation is 1. The molecule has 2 aliphatic heterocycles. The zero-order valence-electron chi connectivity index (χ0n) is 19.7. The van der Waals surface area contributed by atoms with Gasteiger partial charge < -0.3 is 36.4 Å². The monoisotopic (exact) mass is 485 g/mol. The number of hydrogen-bond donors (Lipinski definition) is 5. The first-order chi connectivity index (χ1) is 16.4. The maximum Gasteiger partial charge on any atom is 0.264 e. The first-order valence-electron chi connectivity index (χ1n) is 12.4. The number of nitrogens with two attached hydrogens (primary N) is 1. The van der Waals surface area contributed by atoms with E-state index in [1.54, 1.807) is 6.07 Å². The van der Waals surface area contributed by atoms with Crippen molar-refractivity contribution in [1.82, 2.24) is 5.32 Å². The Kier molecular flexibility index (Phi) is 6.59. The maximum absolute atomic E-state index is 13.4. The normalized spacial score (nSPS) is 27.1. The van der Waals surface area contributed by atoms with Crippen molar-refractivity contribution >= 4 is 39.3 Å². The molecule has 34 heavy (non-hydrogen) atoms. The summed E-state index contributed by atoms with van der Waals surface area (Å²) in [6.45, 7) is 3.48. The number of anilines is 4. The highest BCUT2D eigenvalue weighted by Gasteiger charge is 2.38. The Bertz CT molecular complexity index is 1040. The van der Waals surface area contributed by atoms with Crippen molar-refractivity contribution in [2.75, 3.05) is 33.9 Å². The number of amides is 1. The number of thiophene rings is 1. The summed E-state index contributed by atoms with van der Waals surface area (Å²) in [5.74, 6) is -0.165. The molecule has 0 bridgehead atoms. The van der Waals surface area contributed by atoms with Gasteiger partial charge in [0.1, 0.15) is 5.00 Å². The number of hydrogen-bond acceptors (Lipinski definition) is 8. The van der Waals surface area contributed by atoms with Gasteiger partial charge in [0.15, 0.2) is 6.29 Å². The van der Waals surface area contributed by atoms with Crippen LogP contribution >= 0.6 is 11.3 Å². The lowest BCUT2D eigenvalue weighted by molar-refractivity contribution is 0.0935. The Morgan fingerprint density at radius 3 is 2.74 bits per heavy atom. The van der Waals surface area contributed by atoms with Gasteiger partial charge in [-0.05, 0) is 69.6 Å². The van der Waals surface area contributed by atoms with Crippen molar-refractivity contribution < 1.29 is 15.0 Å². The van der Waals surface area contributed by atoms with E-state index in [4.69, 9.17) is 5.73 Å². The van der Waals surface area contributed by atoms with E-state index in [1.807, 2.05) is 12.1 Å². The number of β-amino-alcohol motifs (C(OH)–C–C–N with tert-alkyl or cyclic N) is 1. The standard InChI is InChI=1S/C25H35N5O3S/c1-15-5-4-7-20-22(15)30(16-8-10-17(31)11-9-16)25(27-20)28-23(33)21-13-19(26)24(34-21)29-12-3-2-6-18(32)14-29/h4-5,7,13,16-18,25,27,31-32H,2-3,6,8-12,14,26H2,1H3,(H,28,33)/t16-,17-,18-,25?/m0/s1. The molecule has 1 aromatic carbocycles. The van der Waals surface area contributed by atoms with Crippen LogP contribution in [0.2, 0.25) is 0 Å². The second kappa shape index (κ2) is 9.64. The summed E-state index contributed by atoms with van der Waals surface area (Å²) < 4.78 is 0. The number of nitrogens with zero attached hydrogens (tertiary/aromatic N) is 2. The number of nitrogens with one attached hydrogen (secondary N) is 2. The molecule has 1 unspecified atom stereocenters. The molecule has 184 valence electrons. The molecule has 1 amide bonds. The van der Waals surface area contributed by atoms with E-state index in [9.17, 15) is 15.0 Å². The molecule has 1 saturated carbocycles. The highest BCUT2D eigenvalue weighted by atomic mass is 32.1. The average Bonchev–Trinajstić information content (AvgIpc) is 3.30. The Hall–Kier alpha value is -2.49. The smallest absolute Gasteiger partial charge is 0.264 e. The molecular formula is C25H35N5O3S. The molecule has 1 aliphatic carbocycles. The number of rotatable bonds is 4. The van der Waals surface area contributed by atoms with Gasteiger partial charge in [0.25, 0.3) is 5.91 Å². The largest absolute Gasteiger partial charge is 0.396 e. The number of fused-ring (bicyclic) bond motifs is 1. The van der Waals surface area contributed by atoms with E-state index >= 15 is 0 Å². The number of carbonyl (C=O) groups is 1. The van der Waals surface area contributed by atoms with Gasteiger partial charge in [0.05, 0.1) is 34.1 Å². The third-order valence-electron chi connectivity index (χ3n) is 7.29. The SMILES string of the molecule is Cc1cccc2c1N([C@H]1CC[C@H](O)CC1)C(NC(=O)c1cc(N)c(N3CCCC[C@H](O)C3)s1)N2. The first kappa shape index (κ1) is 23.3. The van der Waals surface area contributed by atoms with Gasteiger partial charge >= 0.3 is 0 Å². The molecular weight excluding hydrogens is 450 g/mol. The topological polar surface area (TPSA) is 114 Å². The summed E-state index contributed by atoms with van der Waals surface area (Å²) in [6, 6.07) is 8.16. The molecule has 1 saturated heterocycles. The Morgan fingerprint density at radius 1 is 1.15 bits per heavy atom. The van der Waals surface area contributed by atoms with Crippen LogP contribution in [0.5, 0.6) is 0 Å². The minimum Gasteiger partial charge on any atom is -0.396 e. The van der Waals surface area contributed by atoms with E-state index in [0.717, 1.165) is 73.4 Å². The zero-order valence-corrected chi connectivity index (χ0v) is 20.5. The van der Waals surface area contributed by atoms with Crippen LogP contribution in [0.1, 0.15) is 60.2 Å². The molecule has 6 N–H and O–H groups in total. The number of aliphatic hydroxyl groups excluding tert-OH is 2. The van der Waals surface area contributed by atoms with Crippen molar-refractivity contribution in [2.24, 2.45) is 0 Å². The molecule has 3 aliphatic rings. The van der Waals surface area contributed by atoms with Crippen LogP contribution in [0.3, 0.4) is 0 Å². The summed E-state index contributed by atoms with van der Waals surface area (Å²) in [6.07, 6.45) is 5.15. The molecule has 0 spiro atoms. The van der Waals surface area contributed by atoms with Gasteiger partial charge in [-0.3, -0.25) is 4.79 Å². The van der Waals surface area contributed by atoms with Crippen molar-refractivity contribution in [3.05, 3.63) is 34.7 Å². The molecule has 1 aromatic heterocycles. The van der Waals surface area contributed by atoms with Crippen molar-refractivity contribution in [3.63, 3.8) is 0 Å². The summed E-state index contributed by atoms with van der Waals surface area (Å²) in [4.78, 5) is 18.3. The van der Waals surface area contributed by atoms with Crippen LogP contribution in [0, 0.1) is 6.92 Å². The van der Waals surface area contributed by atoms with E-state index in [0.29, 0.717) is 17.1 Å². The van der Waals surface area contributed by atoms with E-state index in [1.165, 1.54) is 11.3 Å². The number of nitrogen functional groups attached to an aromatic ring is 1. The van der Waals surface area contributed by atoms with E-state index in [2.05, 4.69) is 33.4 Å². The van der Waals surface area contributed by atoms with Crippen molar-refractivity contribution in [2.45, 2.75) is 76.4 Å². The minimum absolute atomic E-state index is 0.165. The van der Waals surface area contributed by atoms with Gasteiger partial charge in [-0.25, -0.2) is 0 Å². The molecule has 0 radical (unpaired) electrons. The molecule has 9 heteroatoms. The van der Waals surface area contributed by atoms with Gasteiger partial charge in [-0.15, -0.1) is 11.3 Å². The predicted octanol–water partition coefficient (Wildman–Crippen LogP) is 3.24. The van der Waals surface area contributed by atoms with Gasteiger partial charge in [-0.1, -0.05) is 12.1 Å². The van der Waals surface area contributed by atoms with Crippen molar-refractivity contribution in [1.29, 1.82) is 0 Å². The first-order valence-corrected chi connectivity index (χ1v) is 13.2. The Balaban J connectivity index is 1.36. The average molecular weight is 486 g/mol. The van der Waals surface area contributed by atoms with Crippen LogP contribution in [-0.4, -0.2) is 53.7 Å². The highest BCUT2D eigenvalue weighted by molar-refractivity contribution is 7.18. The molecule has 2 fully saturated rings. The lowest BCUT2D eigenvalue weighted by Crippen LogP contribution is -2.54. The minimum atomic E-state index is -0.367. The Morgan fingerprint density at radius 2 is 1.94 bits per heavy atom. The number of aliphatic hydroxyl groups is 2. The third-order valence-corrected chi connectivity index (χ3v) is 8.50. The van der Waals surface area contributed by atoms with Crippen LogP contribution in [-0.2, 0) is 0 Å².